The molecule has 2 aliphatic rings. The van der Waals surface area contributed by atoms with Crippen LogP contribution in [0.25, 0.3) is 0 Å². The molecule has 1 unspecified atom stereocenters. The summed E-state index contributed by atoms with van der Waals surface area (Å²) in [6, 6.07) is 0. The number of thioether (sulfide) groups is 1. The first-order valence-corrected chi connectivity index (χ1v) is 8.10. The third-order valence-electron chi connectivity index (χ3n) is 4.31. The van der Waals surface area contributed by atoms with Gasteiger partial charge in [0.25, 0.3) is 0 Å². The van der Waals surface area contributed by atoms with Gasteiger partial charge >= 0.3 is 0 Å². The molecule has 0 radical (unpaired) electrons. The van der Waals surface area contributed by atoms with E-state index in [4.69, 9.17) is 10.5 Å². The van der Waals surface area contributed by atoms with Gasteiger partial charge in [0.2, 0.25) is 0 Å². The highest BCUT2D eigenvalue weighted by atomic mass is 32.2. The highest BCUT2D eigenvalue weighted by molar-refractivity contribution is 8.00. The van der Waals surface area contributed by atoms with Crippen molar-refractivity contribution in [2.45, 2.75) is 43.0 Å². The van der Waals surface area contributed by atoms with Crippen molar-refractivity contribution in [3.63, 3.8) is 0 Å². The van der Waals surface area contributed by atoms with Crippen LogP contribution in [-0.2, 0) is 4.74 Å². The molecule has 0 bridgehead atoms. The summed E-state index contributed by atoms with van der Waals surface area (Å²) in [4.78, 5) is 2.57. The SMILES string of the molecule is CSC1(CN)CCN(CC2CCCCO2)CC1. The molecule has 0 aromatic heterocycles. The van der Waals surface area contributed by atoms with Gasteiger partial charge < -0.3 is 15.4 Å². The topological polar surface area (TPSA) is 38.5 Å². The number of rotatable bonds is 4. The highest BCUT2D eigenvalue weighted by Crippen LogP contribution is 2.33. The molecule has 100 valence electrons. The molecular weight excluding hydrogens is 232 g/mol. The van der Waals surface area contributed by atoms with Crippen molar-refractivity contribution < 1.29 is 4.74 Å². The molecule has 0 aliphatic carbocycles. The van der Waals surface area contributed by atoms with E-state index in [1.54, 1.807) is 0 Å². The van der Waals surface area contributed by atoms with Crippen molar-refractivity contribution in [3.05, 3.63) is 0 Å². The normalized spacial score (nSPS) is 30.4. The lowest BCUT2D eigenvalue weighted by molar-refractivity contribution is -0.00998. The van der Waals surface area contributed by atoms with Gasteiger partial charge in [-0.15, -0.1) is 0 Å². The summed E-state index contributed by atoms with van der Waals surface area (Å²) in [6.45, 7) is 5.31. The zero-order chi connectivity index (χ0) is 12.1. The summed E-state index contributed by atoms with van der Waals surface area (Å²) >= 11 is 1.96. The maximum absolute atomic E-state index is 5.91. The Bertz CT molecular complexity index is 217. The number of hydrogen-bond donors (Lipinski definition) is 1. The Hall–Kier alpha value is 0.230. The van der Waals surface area contributed by atoms with E-state index >= 15 is 0 Å². The maximum Gasteiger partial charge on any atom is 0.0702 e. The van der Waals surface area contributed by atoms with Crippen LogP contribution < -0.4 is 5.73 Å². The molecule has 2 aliphatic heterocycles. The highest BCUT2D eigenvalue weighted by Gasteiger charge is 2.33. The van der Waals surface area contributed by atoms with Crippen LogP contribution in [-0.4, -0.2) is 54.8 Å². The average Bonchev–Trinajstić information content (AvgIpc) is 2.41. The van der Waals surface area contributed by atoms with Gasteiger partial charge in [0.05, 0.1) is 6.10 Å². The lowest BCUT2D eigenvalue weighted by Crippen LogP contribution is -2.48. The molecule has 2 rings (SSSR count). The van der Waals surface area contributed by atoms with E-state index in [9.17, 15) is 0 Å². The number of nitrogens with zero attached hydrogens (tertiary/aromatic N) is 1. The molecule has 0 saturated carbocycles. The van der Waals surface area contributed by atoms with Crippen LogP contribution in [0.15, 0.2) is 0 Å². The largest absolute Gasteiger partial charge is 0.377 e. The monoisotopic (exact) mass is 258 g/mol. The van der Waals surface area contributed by atoms with Crippen LogP contribution in [0.5, 0.6) is 0 Å². The van der Waals surface area contributed by atoms with Crippen molar-refractivity contribution >= 4 is 11.8 Å². The van der Waals surface area contributed by atoms with Crippen molar-refractivity contribution in [2.24, 2.45) is 5.73 Å². The molecule has 2 fully saturated rings. The fourth-order valence-corrected chi connectivity index (χ4v) is 3.63. The summed E-state index contributed by atoms with van der Waals surface area (Å²) < 4.78 is 6.16. The van der Waals surface area contributed by atoms with Crippen LogP contribution in [0.3, 0.4) is 0 Å². The van der Waals surface area contributed by atoms with E-state index in [0.717, 1.165) is 19.7 Å². The summed E-state index contributed by atoms with van der Waals surface area (Å²) in [5.74, 6) is 0. The van der Waals surface area contributed by atoms with Crippen LogP contribution in [0.1, 0.15) is 32.1 Å². The van der Waals surface area contributed by atoms with Gasteiger partial charge in [0.1, 0.15) is 0 Å². The Kier molecular flexibility index (Phi) is 5.15. The van der Waals surface area contributed by atoms with E-state index in [-0.39, 0.29) is 0 Å². The fourth-order valence-electron chi connectivity index (χ4n) is 2.87. The van der Waals surface area contributed by atoms with Gasteiger partial charge in [0.15, 0.2) is 0 Å². The number of ether oxygens (including phenoxy) is 1. The molecule has 2 saturated heterocycles. The lowest BCUT2D eigenvalue weighted by atomic mass is 9.95. The molecule has 4 heteroatoms. The molecule has 2 N–H and O–H groups in total. The second kappa shape index (κ2) is 6.41. The first-order valence-electron chi connectivity index (χ1n) is 6.87. The summed E-state index contributed by atoms with van der Waals surface area (Å²) in [7, 11) is 0. The first-order chi connectivity index (χ1) is 8.28. The van der Waals surface area contributed by atoms with Crippen molar-refractivity contribution in [2.75, 3.05) is 39.0 Å². The minimum absolute atomic E-state index is 0.351. The van der Waals surface area contributed by atoms with Gasteiger partial charge in [0, 0.05) is 24.4 Å². The predicted molar refractivity (Wildman–Crippen MR) is 74.6 cm³/mol. The van der Waals surface area contributed by atoms with E-state index in [1.165, 1.54) is 45.2 Å². The standard InChI is InChI=1S/C13H26N2OS/c1-17-13(11-14)5-7-15(8-6-13)10-12-4-2-3-9-16-12/h12H,2-11,14H2,1H3. The molecule has 0 spiro atoms. The molecule has 1 atom stereocenters. The van der Waals surface area contributed by atoms with Gasteiger partial charge in [-0.3, -0.25) is 0 Å². The molecular formula is C13H26N2OS. The second-order valence-electron chi connectivity index (χ2n) is 5.38. The van der Waals surface area contributed by atoms with Crippen molar-refractivity contribution in [3.8, 4) is 0 Å². The van der Waals surface area contributed by atoms with Crippen molar-refractivity contribution in [1.29, 1.82) is 0 Å². The molecule has 0 aromatic rings. The minimum atomic E-state index is 0.351. The van der Waals surface area contributed by atoms with E-state index in [2.05, 4.69) is 11.2 Å². The van der Waals surface area contributed by atoms with Gasteiger partial charge in [-0.1, -0.05) is 0 Å². The van der Waals surface area contributed by atoms with E-state index < -0.39 is 0 Å². The Morgan fingerprint density at radius 3 is 2.65 bits per heavy atom. The Morgan fingerprint density at radius 2 is 2.12 bits per heavy atom. The fraction of sp³-hybridized carbons (Fsp3) is 1.00. The molecule has 2 heterocycles. The number of likely N-dealkylation sites (tertiary alicyclic amines) is 1. The second-order valence-corrected chi connectivity index (χ2v) is 6.65. The lowest BCUT2D eigenvalue weighted by Gasteiger charge is -2.41. The molecule has 17 heavy (non-hydrogen) atoms. The average molecular weight is 258 g/mol. The third kappa shape index (κ3) is 3.60. The van der Waals surface area contributed by atoms with Crippen molar-refractivity contribution in [1.82, 2.24) is 4.90 Å². The summed E-state index contributed by atoms with van der Waals surface area (Å²) in [6.07, 6.45) is 9.00. The first kappa shape index (κ1) is 13.7. The summed E-state index contributed by atoms with van der Waals surface area (Å²) in [5.41, 5.74) is 5.91. The quantitative estimate of drug-likeness (QED) is 0.833. The van der Waals surface area contributed by atoms with E-state index in [0.29, 0.717) is 10.9 Å². The van der Waals surface area contributed by atoms with Gasteiger partial charge in [-0.2, -0.15) is 11.8 Å². The molecule has 0 amide bonds. The summed E-state index contributed by atoms with van der Waals surface area (Å²) in [5, 5.41) is 0. The van der Waals surface area contributed by atoms with Crippen LogP contribution in [0.4, 0.5) is 0 Å². The molecule has 0 aromatic carbocycles. The third-order valence-corrected chi connectivity index (χ3v) is 5.75. The number of hydrogen-bond acceptors (Lipinski definition) is 4. The van der Waals surface area contributed by atoms with Crippen LogP contribution in [0, 0.1) is 0 Å². The number of piperidine rings is 1. The van der Waals surface area contributed by atoms with Gasteiger partial charge in [-0.05, 0) is 51.4 Å². The Balaban J connectivity index is 1.74. The zero-order valence-electron chi connectivity index (χ0n) is 11.0. The molecule has 3 nitrogen and oxygen atoms in total. The minimum Gasteiger partial charge on any atom is -0.377 e. The number of nitrogens with two attached hydrogens (primary N) is 1. The smallest absolute Gasteiger partial charge is 0.0702 e. The zero-order valence-corrected chi connectivity index (χ0v) is 11.8. The Labute approximate surface area is 109 Å². The predicted octanol–water partition coefficient (Wildman–Crippen LogP) is 1.71. The van der Waals surface area contributed by atoms with Crippen LogP contribution in [0.2, 0.25) is 0 Å². The van der Waals surface area contributed by atoms with E-state index in [1.807, 2.05) is 11.8 Å². The van der Waals surface area contributed by atoms with Gasteiger partial charge in [-0.25, -0.2) is 0 Å². The Morgan fingerprint density at radius 1 is 1.35 bits per heavy atom. The van der Waals surface area contributed by atoms with Crippen LogP contribution >= 0.6 is 11.8 Å². The maximum atomic E-state index is 5.91.